The van der Waals surface area contributed by atoms with Gasteiger partial charge in [0.1, 0.15) is 12.4 Å². The summed E-state index contributed by atoms with van der Waals surface area (Å²) in [7, 11) is 0. The highest BCUT2D eigenvalue weighted by Gasteiger charge is 2.35. The van der Waals surface area contributed by atoms with Gasteiger partial charge in [-0.25, -0.2) is 0 Å². The number of carbonyl (C=O) groups excluding carboxylic acids is 1. The molecule has 0 saturated carbocycles. The molecule has 6 rings (SSSR count). The molecule has 3 fully saturated rings. The molecular weight excluding hydrogens is 392 g/mol. The zero-order valence-electron chi connectivity index (χ0n) is 16.9. The molecule has 4 nitrogen and oxygen atoms in total. The Hall–Kier alpha value is -2.63. The summed E-state index contributed by atoms with van der Waals surface area (Å²) in [5, 5.41) is 3.29. The molecule has 5 heteroatoms. The van der Waals surface area contributed by atoms with E-state index in [1.54, 1.807) is 11.3 Å². The number of ether oxygens (including phenoxy) is 1. The van der Waals surface area contributed by atoms with E-state index in [-0.39, 0.29) is 5.91 Å². The van der Waals surface area contributed by atoms with Crippen molar-refractivity contribution in [2.24, 2.45) is 5.92 Å². The summed E-state index contributed by atoms with van der Waals surface area (Å²) < 4.78 is 5.96. The molecule has 3 saturated heterocycles. The summed E-state index contributed by atoms with van der Waals surface area (Å²) >= 11 is 1.54. The van der Waals surface area contributed by atoms with Crippen LogP contribution in [0.25, 0.3) is 10.4 Å². The minimum absolute atomic E-state index is 0.0569. The molecule has 3 aliphatic heterocycles. The lowest BCUT2D eigenvalue weighted by atomic mass is 9.84. The van der Waals surface area contributed by atoms with Crippen LogP contribution in [0, 0.1) is 5.92 Å². The second kappa shape index (κ2) is 8.62. The van der Waals surface area contributed by atoms with Crippen molar-refractivity contribution in [3.63, 3.8) is 0 Å². The zero-order chi connectivity index (χ0) is 20.3. The number of benzene rings is 2. The minimum atomic E-state index is 0.0569. The predicted octanol–water partition coefficient (Wildman–Crippen LogP) is 4.82. The van der Waals surface area contributed by atoms with E-state index in [4.69, 9.17) is 4.74 Å². The van der Waals surface area contributed by atoms with Gasteiger partial charge < -0.3 is 15.0 Å². The Morgan fingerprint density at radius 2 is 1.87 bits per heavy atom. The van der Waals surface area contributed by atoms with E-state index in [1.165, 1.54) is 25.9 Å². The summed E-state index contributed by atoms with van der Waals surface area (Å²) in [5.41, 5.74) is 2.22. The molecule has 3 aliphatic rings. The third-order valence-corrected chi connectivity index (χ3v) is 7.30. The summed E-state index contributed by atoms with van der Waals surface area (Å²) in [4.78, 5) is 17.1. The minimum Gasteiger partial charge on any atom is -0.489 e. The Bertz CT molecular complexity index is 1010. The molecule has 0 unspecified atom stereocenters. The zero-order valence-corrected chi connectivity index (χ0v) is 17.7. The number of thiophene rings is 1. The van der Waals surface area contributed by atoms with Gasteiger partial charge in [-0.15, -0.1) is 11.3 Å². The maximum atomic E-state index is 12.8. The topological polar surface area (TPSA) is 41.6 Å². The summed E-state index contributed by atoms with van der Waals surface area (Å²) in [5.74, 6) is 1.53. The van der Waals surface area contributed by atoms with Crippen LogP contribution in [0.3, 0.4) is 0 Å². The van der Waals surface area contributed by atoms with Crippen molar-refractivity contribution in [3.05, 3.63) is 77.2 Å². The molecule has 2 aromatic carbocycles. The molecule has 4 heterocycles. The van der Waals surface area contributed by atoms with Crippen LogP contribution in [0.15, 0.2) is 66.7 Å². The smallest absolute Gasteiger partial charge is 0.261 e. The number of amides is 1. The van der Waals surface area contributed by atoms with Crippen molar-refractivity contribution < 1.29 is 9.53 Å². The Morgan fingerprint density at radius 3 is 2.63 bits per heavy atom. The Labute approximate surface area is 181 Å². The Morgan fingerprint density at radius 1 is 1.03 bits per heavy atom. The van der Waals surface area contributed by atoms with Crippen LogP contribution in [0.1, 0.15) is 28.1 Å². The van der Waals surface area contributed by atoms with Gasteiger partial charge in [0.15, 0.2) is 0 Å². The van der Waals surface area contributed by atoms with E-state index in [9.17, 15) is 4.79 Å². The standard InChI is InChI=1S/C25H26N2O2S/c28-25(26-22-16-27-13-11-19(22)12-14-27)24-10-9-23(30-24)20-7-4-8-21(15-20)29-17-18-5-2-1-3-6-18/h1-10,15,19,22H,11-14,16-17H2,(H,26,28)/t22-/m0/s1. The first-order valence-electron chi connectivity index (χ1n) is 10.6. The summed E-state index contributed by atoms with van der Waals surface area (Å²) in [6.45, 7) is 3.91. The number of rotatable bonds is 6. The number of fused-ring (bicyclic) bond motifs is 3. The van der Waals surface area contributed by atoms with Crippen molar-refractivity contribution in [2.75, 3.05) is 19.6 Å². The number of hydrogen-bond donors (Lipinski definition) is 1. The first-order chi connectivity index (χ1) is 14.7. The van der Waals surface area contributed by atoms with Gasteiger partial charge in [-0.1, -0.05) is 42.5 Å². The van der Waals surface area contributed by atoms with Crippen molar-refractivity contribution in [1.82, 2.24) is 10.2 Å². The van der Waals surface area contributed by atoms with E-state index in [2.05, 4.69) is 28.4 Å². The maximum absolute atomic E-state index is 12.8. The van der Waals surface area contributed by atoms with Crippen molar-refractivity contribution >= 4 is 17.2 Å². The van der Waals surface area contributed by atoms with E-state index < -0.39 is 0 Å². The lowest BCUT2D eigenvalue weighted by Gasteiger charge is -2.44. The maximum Gasteiger partial charge on any atom is 0.261 e. The van der Waals surface area contributed by atoms with Crippen LogP contribution in [-0.4, -0.2) is 36.5 Å². The molecule has 1 amide bonds. The van der Waals surface area contributed by atoms with E-state index in [0.717, 1.165) is 33.2 Å². The van der Waals surface area contributed by atoms with Gasteiger partial charge in [-0.05, 0) is 67.2 Å². The molecular formula is C25H26N2O2S. The highest BCUT2D eigenvalue weighted by atomic mass is 32.1. The van der Waals surface area contributed by atoms with Crippen LogP contribution in [0.2, 0.25) is 0 Å². The van der Waals surface area contributed by atoms with Gasteiger partial charge in [-0.3, -0.25) is 4.79 Å². The molecule has 1 N–H and O–H groups in total. The molecule has 0 aliphatic carbocycles. The molecule has 154 valence electrons. The number of nitrogens with one attached hydrogen (secondary N) is 1. The predicted molar refractivity (Wildman–Crippen MR) is 121 cm³/mol. The Balaban J connectivity index is 1.24. The highest BCUT2D eigenvalue weighted by molar-refractivity contribution is 7.17. The summed E-state index contributed by atoms with van der Waals surface area (Å²) in [6.07, 6.45) is 2.41. The number of carbonyl (C=O) groups is 1. The van der Waals surface area contributed by atoms with Crippen molar-refractivity contribution in [1.29, 1.82) is 0 Å². The normalized spacial score (nSPS) is 22.6. The van der Waals surface area contributed by atoms with Gasteiger partial charge in [0.2, 0.25) is 0 Å². The quantitative estimate of drug-likeness (QED) is 0.624. The van der Waals surface area contributed by atoms with Crippen LogP contribution >= 0.6 is 11.3 Å². The van der Waals surface area contributed by atoms with Crippen LogP contribution in [-0.2, 0) is 6.61 Å². The van der Waals surface area contributed by atoms with Crippen LogP contribution < -0.4 is 10.1 Å². The van der Waals surface area contributed by atoms with E-state index >= 15 is 0 Å². The molecule has 2 bridgehead atoms. The Kier molecular flexibility index (Phi) is 5.56. The molecule has 0 radical (unpaired) electrons. The third-order valence-electron chi connectivity index (χ3n) is 6.17. The second-order valence-corrected chi connectivity index (χ2v) is 9.27. The lowest BCUT2D eigenvalue weighted by molar-refractivity contribution is 0.0622. The molecule has 1 aromatic heterocycles. The number of piperidine rings is 3. The monoisotopic (exact) mass is 418 g/mol. The first kappa shape index (κ1) is 19.3. The number of nitrogens with zero attached hydrogens (tertiary/aromatic N) is 1. The van der Waals surface area contributed by atoms with Crippen molar-refractivity contribution in [2.45, 2.75) is 25.5 Å². The largest absolute Gasteiger partial charge is 0.489 e. The third kappa shape index (κ3) is 4.27. The van der Waals surface area contributed by atoms with Gasteiger partial charge in [0.25, 0.3) is 5.91 Å². The second-order valence-electron chi connectivity index (χ2n) is 8.18. The molecule has 0 spiro atoms. The fraction of sp³-hybridized carbons (Fsp3) is 0.320. The van der Waals surface area contributed by atoms with Crippen molar-refractivity contribution in [3.8, 4) is 16.2 Å². The van der Waals surface area contributed by atoms with Gasteiger partial charge >= 0.3 is 0 Å². The first-order valence-corrected chi connectivity index (χ1v) is 11.5. The highest BCUT2D eigenvalue weighted by Crippen LogP contribution is 2.32. The molecule has 1 atom stereocenters. The number of hydrogen-bond acceptors (Lipinski definition) is 4. The SMILES string of the molecule is O=C(N[C@H]1CN2CCC1CC2)c1ccc(-c2cccc(OCc3ccccc3)c2)s1. The van der Waals surface area contributed by atoms with Gasteiger partial charge in [0, 0.05) is 17.5 Å². The van der Waals surface area contributed by atoms with Gasteiger partial charge in [-0.2, -0.15) is 0 Å². The van der Waals surface area contributed by atoms with E-state index in [0.29, 0.717) is 18.6 Å². The van der Waals surface area contributed by atoms with Gasteiger partial charge in [0.05, 0.1) is 4.88 Å². The molecule has 3 aromatic rings. The van der Waals surface area contributed by atoms with Crippen LogP contribution in [0.5, 0.6) is 5.75 Å². The molecule has 30 heavy (non-hydrogen) atoms. The average molecular weight is 419 g/mol. The fourth-order valence-corrected chi connectivity index (χ4v) is 5.37. The average Bonchev–Trinajstić information content (AvgIpc) is 3.30. The summed E-state index contributed by atoms with van der Waals surface area (Å²) in [6, 6.07) is 22.5. The lowest BCUT2D eigenvalue weighted by Crippen LogP contribution is -2.57. The van der Waals surface area contributed by atoms with Crippen LogP contribution in [0.4, 0.5) is 0 Å². The fourth-order valence-electron chi connectivity index (χ4n) is 4.46. The van der Waals surface area contributed by atoms with E-state index in [1.807, 2.05) is 48.5 Å².